The molecule has 1 amide bonds. The van der Waals surface area contributed by atoms with Crippen molar-refractivity contribution in [2.75, 3.05) is 18.4 Å². The van der Waals surface area contributed by atoms with Gasteiger partial charge in [-0.2, -0.15) is 0 Å². The predicted octanol–water partition coefficient (Wildman–Crippen LogP) is 4.39. The third-order valence-corrected chi connectivity index (χ3v) is 6.51. The van der Waals surface area contributed by atoms with E-state index in [1.807, 2.05) is 48.5 Å². The number of furan rings is 1. The summed E-state index contributed by atoms with van der Waals surface area (Å²) < 4.78 is 17.8. The van der Waals surface area contributed by atoms with Crippen molar-refractivity contribution in [2.45, 2.75) is 31.8 Å². The number of rotatable bonds is 11. The molecule has 0 unspecified atom stereocenters. The molecule has 0 saturated heterocycles. The number of carbonyl (C=O) groups excluding carboxylic acids is 1. The zero-order valence-corrected chi connectivity index (χ0v) is 21.5. The largest absolute Gasteiger partial charge is 0.464 e. The first-order chi connectivity index (χ1) is 19.5. The molecule has 1 aliphatic rings. The smallest absolute Gasteiger partial charge is 0.287 e. The number of nitrogens with zero attached hydrogens (tertiary/aromatic N) is 2. The van der Waals surface area contributed by atoms with E-state index in [1.54, 1.807) is 12.3 Å². The number of aliphatic hydroxyl groups is 1. The molecule has 11 nitrogen and oxygen atoms in total. The molecule has 206 valence electrons. The SMILES string of the molecule is O=C(NCCNc1ccc([N+](=O)[O-])cn1)C1=C[C@H](c2coc3ccccc23)C[C@H](OCc2ccc(CO)cc2)O1. The summed E-state index contributed by atoms with van der Waals surface area (Å²) in [5.41, 5.74) is 3.33. The Bertz CT molecular complexity index is 1500. The van der Waals surface area contributed by atoms with Gasteiger partial charge in [0.2, 0.25) is 6.29 Å². The lowest BCUT2D eigenvalue weighted by atomic mass is 9.92. The first-order valence-corrected chi connectivity index (χ1v) is 12.8. The van der Waals surface area contributed by atoms with Gasteiger partial charge in [0.1, 0.15) is 17.6 Å². The highest BCUT2D eigenvalue weighted by Crippen LogP contribution is 2.36. The molecule has 0 radical (unpaired) electrons. The number of hydrogen-bond donors (Lipinski definition) is 3. The van der Waals surface area contributed by atoms with Gasteiger partial charge in [-0.25, -0.2) is 4.98 Å². The van der Waals surface area contributed by atoms with E-state index >= 15 is 0 Å². The quantitative estimate of drug-likeness (QED) is 0.142. The van der Waals surface area contributed by atoms with Crippen LogP contribution in [0.1, 0.15) is 29.0 Å². The number of carbonyl (C=O) groups is 1. The Balaban J connectivity index is 1.24. The summed E-state index contributed by atoms with van der Waals surface area (Å²) >= 11 is 0. The Morgan fingerprint density at radius 1 is 1.10 bits per heavy atom. The lowest BCUT2D eigenvalue weighted by Gasteiger charge is -2.29. The van der Waals surface area contributed by atoms with Crippen LogP contribution >= 0.6 is 0 Å². The number of hydrogen-bond acceptors (Lipinski definition) is 9. The molecule has 3 heterocycles. The highest BCUT2D eigenvalue weighted by atomic mass is 16.7. The van der Waals surface area contributed by atoms with Crippen molar-refractivity contribution in [3.63, 3.8) is 0 Å². The van der Waals surface area contributed by atoms with E-state index in [1.165, 1.54) is 18.3 Å². The average molecular weight is 545 g/mol. The standard InChI is InChI=1S/C29H28N4O7/c34-16-19-5-7-20(8-6-19)17-39-28-14-21(24-18-38-25-4-2-1-3-23(24)25)13-26(40-28)29(35)31-12-11-30-27-10-9-22(15-32-27)33(36)37/h1-10,13,15,18,21,28,34H,11-12,14,16-17H2,(H,30,32)(H,31,35)/t21-,28+/m0/s1. The van der Waals surface area contributed by atoms with Crippen LogP contribution in [0.3, 0.4) is 0 Å². The molecule has 3 N–H and O–H groups in total. The summed E-state index contributed by atoms with van der Waals surface area (Å²) in [5.74, 6) is 0.0372. The number of pyridine rings is 1. The molecule has 0 aliphatic carbocycles. The fraction of sp³-hybridized carbons (Fsp3) is 0.241. The molecule has 1 aliphatic heterocycles. The molecule has 0 fully saturated rings. The number of allylic oxidation sites excluding steroid dienone is 1. The predicted molar refractivity (Wildman–Crippen MR) is 146 cm³/mol. The van der Waals surface area contributed by atoms with Crippen molar-refractivity contribution in [1.29, 1.82) is 0 Å². The number of benzene rings is 2. The topological polar surface area (TPSA) is 149 Å². The van der Waals surface area contributed by atoms with E-state index < -0.39 is 17.1 Å². The summed E-state index contributed by atoms with van der Waals surface area (Å²) in [6.45, 7) is 0.857. The van der Waals surface area contributed by atoms with E-state index in [0.717, 1.165) is 27.7 Å². The van der Waals surface area contributed by atoms with Crippen LogP contribution in [0.25, 0.3) is 11.0 Å². The van der Waals surface area contributed by atoms with E-state index in [0.29, 0.717) is 18.8 Å². The van der Waals surface area contributed by atoms with Crippen molar-refractivity contribution in [3.05, 3.63) is 112 Å². The zero-order valence-electron chi connectivity index (χ0n) is 21.5. The molecule has 2 atom stereocenters. The maximum atomic E-state index is 13.1. The fourth-order valence-electron chi connectivity index (χ4n) is 4.40. The van der Waals surface area contributed by atoms with Crippen LogP contribution < -0.4 is 10.6 Å². The maximum Gasteiger partial charge on any atom is 0.287 e. The minimum atomic E-state index is -0.677. The number of aromatic nitrogens is 1. The van der Waals surface area contributed by atoms with Crippen molar-refractivity contribution in [2.24, 2.45) is 0 Å². The van der Waals surface area contributed by atoms with Gasteiger partial charge in [-0.3, -0.25) is 14.9 Å². The number of anilines is 1. The number of amides is 1. The monoisotopic (exact) mass is 544 g/mol. The molecule has 0 spiro atoms. The Labute approximate surface area is 229 Å². The van der Waals surface area contributed by atoms with Gasteiger partial charge >= 0.3 is 0 Å². The number of fused-ring (bicyclic) bond motifs is 1. The zero-order chi connectivity index (χ0) is 27.9. The Morgan fingerprint density at radius 2 is 1.90 bits per heavy atom. The first kappa shape index (κ1) is 26.9. The van der Waals surface area contributed by atoms with Gasteiger partial charge in [-0.15, -0.1) is 0 Å². The third kappa shape index (κ3) is 6.45. The van der Waals surface area contributed by atoms with Crippen LogP contribution in [0.15, 0.2) is 89.4 Å². The van der Waals surface area contributed by atoms with Crippen LogP contribution in [0.2, 0.25) is 0 Å². The molecule has 2 aromatic heterocycles. The number of nitrogens with one attached hydrogen (secondary N) is 2. The molecule has 0 bridgehead atoms. The van der Waals surface area contributed by atoms with Crippen LogP contribution in [-0.4, -0.2) is 40.3 Å². The minimum Gasteiger partial charge on any atom is -0.464 e. The van der Waals surface area contributed by atoms with Gasteiger partial charge in [0.25, 0.3) is 11.6 Å². The molecule has 5 rings (SSSR count). The van der Waals surface area contributed by atoms with Gasteiger partial charge in [-0.1, -0.05) is 42.5 Å². The first-order valence-electron chi connectivity index (χ1n) is 12.8. The Kier molecular flexibility index (Phi) is 8.33. The van der Waals surface area contributed by atoms with E-state index in [2.05, 4.69) is 15.6 Å². The summed E-state index contributed by atoms with van der Waals surface area (Å²) in [6.07, 6.45) is 4.47. The molecule has 4 aromatic rings. The van der Waals surface area contributed by atoms with Crippen molar-refractivity contribution in [1.82, 2.24) is 10.3 Å². The average Bonchev–Trinajstić information content (AvgIpc) is 3.43. The van der Waals surface area contributed by atoms with Gasteiger partial charge in [-0.05, 0) is 29.3 Å². The maximum absolute atomic E-state index is 13.1. The van der Waals surface area contributed by atoms with Crippen molar-refractivity contribution < 1.29 is 28.7 Å². The number of ether oxygens (including phenoxy) is 2. The van der Waals surface area contributed by atoms with Crippen LogP contribution in [0.5, 0.6) is 0 Å². The van der Waals surface area contributed by atoms with Crippen LogP contribution in [0, 0.1) is 10.1 Å². The molecule has 40 heavy (non-hydrogen) atoms. The number of para-hydroxylation sites is 1. The molecule has 11 heteroatoms. The molecular weight excluding hydrogens is 516 g/mol. The number of nitro groups is 1. The van der Waals surface area contributed by atoms with E-state index in [-0.39, 0.29) is 37.1 Å². The summed E-state index contributed by atoms with van der Waals surface area (Å²) in [4.78, 5) is 27.3. The second kappa shape index (κ2) is 12.4. The Hall–Kier alpha value is -4.74. The normalized spacial score (nSPS) is 16.7. The van der Waals surface area contributed by atoms with Gasteiger partial charge < -0.3 is 29.6 Å². The second-order valence-corrected chi connectivity index (χ2v) is 9.23. The highest BCUT2D eigenvalue weighted by molar-refractivity contribution is 5.92. The summed E-state index contributed by atoms with van der Waals surface area (Å²) in [7, 11) is 0. The third-order valence-electron chi connectivity index (χ3n) is 6.51. The fourth-order valence-corrected chi connectivity index (χ4v) is 4.40. The van der Waals surface area contributed by atoms with Gasteiger partial charge in [0.05, 0.1) is 24.4 Å². The molecule has 0 saturated carbocycles. The lowest BCUT2D eigenvalue weighted by Crippen LogP contribution is -2.35. The Morgan fingerprint density at radius 3 is 2.65 bits per heavy atom. The summed E-state index contributed by atoms with van der Waals surface area (Å²) in [6, 6.07) is 18.0. The number of aliphatic hydroxyl groups excluding tert-OH is 1. The van der Waals surface area contributed by atoms with Gasteiger partial charge in [0, 0.05) is 42.4 Å². The van der Waals surface area contributed by atoms with Crippen LogP contribution in [0.4, 0.5) is 11.5 Å². The second-order valence-electron chi connectivity index (χ2n) is 9.23. The van der Waals surface area contributed by atoms with Crippen molar-refractivity contribution >= 4 is 28.4 Å². The minimum absolute atomic E-state index is 0.0314. The summed E-state index contributed by atoms with van der Waals surface area (Å²) in [5, 5.41) is 26.9. The lowest BCUT2D eigenvalue weighted by molar-refractivity contribution is -0.385. The van der Waals surface area contributed by atoms with Crippen LogP contribution in [-0.2, 0) is 27.5 Å². The molecule has 2 aromatic carbocycles. The van der Waals surface area contributed by atoms with Gasteiger partial charge in [0.15, 0.2) is 5.76 Å². The molecular formula is C29H28N4O7. The van der Waals surface area contributed by atoms with E-state index in [9.17, 15) is 20.0 Å². The van der Waals surface area contributed by atoms with Crippen molar-refractivity contribution in [3.8, 4) is 0 Å². The van der Waals surface area contributed by atoms with E-state index in [4.69, 9.17) is 13.9 Å². The highest BCUT2D eigenvalue weighted by Gasteiger charge is 2.30.